The van der Waals surface area contributed by atoms with Gasteiger partial charge in [-0.15, -0.1) is 0 Å². The van der Waals surface area contributed by atoms with E-state index in [9.17, 15) is 14.4 Å². The Hall–Kier alpha value is -4.71. The molecule has 0 aliphatic heterocycles. The summed E-state index contributed by atoms with van der Waals surface area (Å²) in [6.45, 7) is 2.34. The summed E-state index contributed by atoms with van der Waals surface area (Å²) in [6.07, 6.45) is 0.180. The zero-order chi connectivity index (χ0) is 25.1. The maximum atomic E-state index is 13.6. The normalized spacial score (nSPS) is 10.9. The Morgan fingerprint density at radius 1 is 0.750 bits per heavy atom. The third-order valence-corrected chi connectivity index (χ3v) is 6.13. The number of aromatic nitrogens is 2. The Morgan fingerprint density at radius 2 is 1.42 bits per heavy atom. The van der Waals surface area contributed by atoms with Crippen molar-refractivity contribution in [3.8, 4) is 5.69 Å². The van der Waals surface area contributed by atoms with E-state index in [4.69, 9.17) is 0 Å². The summed E-state index contributed by atoms with van der Waals surface area (Å²) in [5.41, 5.74) is 3.88. The molecule has 36 heavy (non-hydrogen) atoms. The highest BCUT2D eigenvalue weighted by Gasteiger charge is 2.15. The van der Waals surface area contributed by atoms with Crippen LogP contribution >= 0.6 is 0 Å². The Kier molecular flexibility index (Phi) is 6.33. The summed E-state index contributed by atoms with van der Waals surface area (Å²) in [5, 5.41) is 3.35. The molecule has 1 amide bonds. The number of anilines is 1. The molecule has 0 bridgehead atoms. The number of carbonyl (C=O) groups excluding carboxylic acids is 1. The summed E-state index contributed by atoms with van der Waals surface area (Å²) in [5.74, 6) is -0.139. The fourth-order valence-corrected chi connectivity index (χ4v) is 4.26. The lowest BCUT2D eigenvalue weighted by molar-refractivity contribution is -0.115. The smallest absolute Gasteiger partial charge is 0.326 e. The second-order valence-electron chi connectivity index (χ2n) is 8.77. The van der Waals surface area contributed by atoms with Gasteiger partial charge in [0.05, 0.1) is 29.6 Å². The van der Waals surface area contributed by atoms with Crippen LogP contribution in [0.15, 0.2) is 113 Å². The molecule has 0 atom stereocenters. The first-order valence-corrected chi connectivity index (χ1v) is 11.7. The molecule has 6 heteroatoms. The highest BCUT2D eigenvalue weighted by molar-refractivity contribution is 5.92. The van der Waals surface area contributed by atoms with Crippen LogP contribution in [0, 0.1) is 6.92 Å². The van der Waals surface area contributed by atoms with Crippen LogP contribution in [0.5, 0.6) is 0 Å². The SMILES string of the molecule is Cc1ccc(NC(=O)Cc2ccc(-n3c(=O)c4ccccc4n(Cc4ccccc4)c3=O)cc2)cc1. The number of hydrogen-bond donors (Lipinski definition) is 1. The molecule has 0 fully saturated rings. The number of benzene rings is 4. The minimum atomic E-state index is -0.410. The molecule has 5 aromatic rings. The van der Waals surface area contributed by atoms with Crippen molar-refractivity contribution < 1.29 is 4.79 Å². The lowest BCUT2D eigenvalue weighted by Crippen LogP contribution is -2.39. The summed E-state index contributed by atoms with van der Waals surface area (Å²) < 4.78 is 2.82. The monoisotopic (exact) mass is 475 g/mol. The fraction of sp³-hybridized carbons (Fsp3) is 0.100. The summed E-state index contributed by atoms with van der Waals surface area (Å²) >= 11 is 0. The van der Waals surface area contributed by atoms with Crippen LogP contribution in [-0.2, 0) is 17.8 Å². The average Bonchev–Trinajstić information content (AvgIpc) is 2.89. The zero-order valence-corrected chi connectivity index (χ0v) is 19.8. The molecule has 1 aromatic heterocycles. The van der Waals surface area contributed by atoms with Gasteiger partial charge in [0, 0.05) is 5.69 Å². The molecule has 6 nitrogen and oxygen atoms in total. The molecule has 0 aliphatic rings. The molecule has 0 unspecified atom stereocenters. The molecule has 0 spiro atoms. The van der Waals surface area contributed by atoms with E-state index in [2.05, 4.69) is 5.32 Å². The highest BCUT2D eigenvalue weighted by atomic mass is 16.2. The Bertz CT molecular complexity index is 1650. The van der Waals surface area contributed by atoms with Crippen molar-refractivity contribution in [3.63, 3.8) is 0 Å². The van der Waals surface area contributed by atoms with Crippen molar-refractivity contribution in [1.82, 2.24) is 9.13 Å². The van der Waals surface area contributed by atoms with E-state index in [-0.39, 0.29) is 17.9 Å². The Morgan fingerprint density at radius 3 is 2.14 bits per heavy atom. The van der Waals surface area contributed by atoms with Gasteiger partial charge in [0.2, 0.25) is 5.91 Å². The summed E-state index contributed by atoms with van der Waals surface area (Å²) in [6, 6.07) is 31.4. The van der Waals surface area contributed by atoms with Crippen molar-refractivity contribution in [2.75, 3.05) is 5.32 Å². The summed E-state index contributed by atoms with van der Waals surface area (Å²) in [4.78, 5) is 39.4. The van der Waals surface area contributed by atoms with E-state index in [1.807, 2.05) is 67.6 Å². The molecule has 4 aromatic carbocycles. The van der Waals surface area contributed by atoms with Crippen molar-refractivity contribution in [1.29, 1.82) is 0 Å². The first kappa shape index (κ1) is 23.1. The van der Waals surface area contributed by atoms with Gasteiger partial charge >= 0.3 is 5.69 Å². The van der Waals surface area contributed by atoms with Gasteiger partial charge in [0.1, 0.15) is 0 Å². The van der Waals surface area contributed by atoms with E-state index >= 15 is 0 Å². The zero-order valence-electron chi connectivity index (χ0n) is 19.8. The van der Waals surface area contributed by atoms with Crippen LogP contribution in [0.2, 0.25) is 0 Å². The number of nitrogens with one attached hydrogen (secondary N) is 1. The van der Waals surface area contributed by atoms with Gasteiger partial charge in [-0.2, -0.15) is 0 Å². The van der Waals surface area contributed by atoms with Crippen LogP contribution < -0.4 is 16.6 Å². The number of fused-ring (bicyclic) bond motifs is 1. The first-order valence-electron chi connectivity index (χ1n) is 11.7. The Labute approximate surface area is 208 Å². The van der Waals surface area contributed by atoms with Gasteiger partial charge in [0.15, 0.2) is 0 Å². The molecule has 178 valence electrons. The summed E-state index contributed by atoms with van der Waals surface area (Å²) in [7, 11) is 0. The number of rotatable bonds is 6. The largest absolute Gasteiger partial charge is 0.336 e. The third-order valence-electron chi connectivity index (χ3n) is 6.13. The first-order chi connectivity index (χ1) is 17.5. The molecule has 0 saturated carbocycles. The average molecular weight is 476 g/mol. The van der Waals surface area contributed by atoms with Crippen molar-refractivity contribution in [3.05, 3.63) is 141 Å². The van der Waals surface area contributed by atoms with Crippen molar-refractivity contribution in [2.24, 2.45) is 0 Å². The second-order valence-corrected chi connectivity index (χ2v) is 8.77. The second kappa shape index (κ2) is 9.88. The van der Waals surface area contributed by atoms with Crippen LogP contribution in [0.4, 0.5) is 5.69 Å². The molecule has 0 aliphatic carbocycles. The molecule has 5 rings (SSSR count). The standard InChI is InChI=1S/C30H25N3O3/c1-21-11-15-24(16-12-21)31-28(34)19-22-13-17-25(18-14-22)33-29(35)26-9-5-6-10-27(26)32(30(33)36)20-23-7-3-2-4-8-23/h2-18H,19-20H2,1H3,(H,31,34). The number of nitrogens with zero attached hydrogens (tertiary/aromatic N) is 2. The molecular weight excluding hydrogens is 450 g/mol. The van der Waals surface area contributed by atoms with E-state index in [1.54, 1.807) is 47.0 Å². The van der Waals surface area contributed by atoms with Gasteiger partial charge in [-0.3, -0.25) is 14.2 Å². The minimum Gasteiger partial charge on any atom is -0.326 e. The van der Waals surface area contributed by atoms with Crippen LogP contribution in [0.25, 0.3) is 16.6 Å². The molecule has 0 saturated heterocycles. The van der Waals surface area contributed by atoms with Crippen LogP contribution in [0.1, 0.15) is 16.7 Å². The van der Waals surface area contributed by atoms with Gasteiger partial charge in [-0.25, -0.2) is 9.36 Å². The number of hydrogen-bond acceptors (Lipinski definition) is 3. The molecule has 1 N–H and O–H groups in total. The van der Waals surface area contributed by atoms with E-state index < -0.39 is 5.69 Å². The predicted octanol–water partition coefficient (Wildman–Crippen LogP) is 4.69. The van der Waals surface area contributed by atoms with Gasteiger partial charge in [0.25, 0.3) is 5.56 Å². The van der Waals surface area contributed by atoms with Gasteiger partial charge in [-0.1, -0.05) is 72.3 Å². The van der Waals surface area contributed by atoms with E-state index in [0.717, 1.165) is 22.4 Å². The van der Waals surface area contributed by atoms with E-state index in [0.29, 0.717) is 23.1 Å². The predicted molar refractivity (Wildman–Crippen MR) is 143 cm³/mol. The lowest BCUT2D eigenvalue weighted by atomic mass is 10.1. The molecular formula is C30H25N3O3. The fourth-order valence-electron chi connectivity index (χ4n) is 4.26. The van der Waals surface area contributed by atoms with Crippen molar-refractivity contribution >= 4 is 22.5 Å². The highest BCUT2D eigenvalue weighted by Crippen LogP contribution is 2.14. The number of carbonyl (C=O) groups is 1. The van der Waals surface area contributed by atoms with Crippen molar-refractivity contribution in [2.45, 2.75) is 19.9 Å². The van der Waals surface area contributed by atoms with Crippen LogP contribution in [0.3, 0.4) is 0 Å². The van der Waals surface area contributed by atoms with Gasteiger partial charge < -0.3 is 5.32 Å². The quantitative estimate of drug-likeness (QED) is 0.387. The maximum absolute atomic E-state index is 13.6. The maximum Gasteiger partial charge on any atom is 0.336 e. The number of amides is 1. The molecule has 0 radical (unpaired) electrons. The number of aryl methyl sites for hydroxylation is 1. The topological polar surface area (TPSA) is 73.1 Å². The van der Waals surface area contributed by atoms with Crippen LogP contribution in [-0.4, -0.2) is 15.0 Å². The van der Waals surface area contributed by atoms with Gasteiger partial charge in [-0.05, 0) is 54.4 Å². The minimum absolute atomic E-state index is 0.139. The van der Waals surface area contributed by atoms with E-state index in [1.165, 1.54) is 4.57 Å². The third kappa shape index (κ3) is 4.74. The number of para-hydroxylation sites is 1. The molecule has 1 heterocycles. The lowest BCUT2D eigenvalue weighted by Gasteiger charge is -2.14. The Balaban J connectivity index is 1.47.